The van der Waals surface area contributed by atoms with Crippen LogP contribution in [0.3, 0.4) is 0 Å². The molecule has 16 heavy (non-hydrogen) atoms. The van der Waals surface area contributed by atoms with E-state index in [1.165, 1.54) is 22.5 Å². The summed E-state index contributed by atoms with van der Waals surface area (Å²) in [5.41, 5.74) is 5.10. The van der Waals surface area contributed by atoms with E-state index in [1.54, 1.807) is 0 Å². The molecule has 0 radical (unpaired) electrons. The SMILES string of the molecule is C=CC1=C(C=C)N(C)c2ccccc2CC1. The minimum Gasteiger partial charge on any atom is -0.344 e. The van der Waals surface area contributed by atoms with Crippen molar-refractivity contribution in [1.82, 2.24) is 0 Å². The van der Waals surface area contributed by atoms with Gasteiger partial charge < -0.3 is 4.90 Å². The van der Waals surface area contributed by atoms with Crippen molar-refractivity contribution in [3.63, 3.8) is 0 Å². The highest BCUT2D eigenvalue weighted by Crippen LogP contribution is 2.31. The first-order chi connectivity index (χ1) is 7.77. The molecule has 2 rings (SSSR count). The molecule has 1 aromatic rings. The molecule has 1 aromatic carbocycles. The molecular weight excluding hydrogens is 194 g/mol. The van der Waals surface area contributed by atoms with Crippen molar-refractivity contribution in [2.75, 3.05) is 11.9 Å². The Kier molecular flexibility index (Phi) is 2.95. The van der Waals surface area contributed by atoms with E-state index in [2.05, 4.69) is 49.4 Å². The van der Waals surface area contributed by atoms with Crippen LogP contribution in [0.4, 0.5) is 5.69 Å². The third-order valence-electron chi connectivity index (χ3n) is 3.15. The summed E-state index contributed by atoms with van der Waals surface area (Å²) in [6.45, 7) is 7.79. The summed E-state index contributed by atoms with van der Waals surface area (Å²) < 4.78 is 0. The molecule has 1 aliphatic rings. The van der Waals surface area contributed by atoms with Gasteiger partial charge in [-0.3, -0.25) is 0 Å². The van der Waals surface area contributed by atoms with E-state index in [0.29, 0.717) is 0 Å². The van der Waals surface area contributed by atoms with Gasteiger partial charge in [-0.15, -0.1) is 0 Å². The molecule has 0 saturated heterocycles. The van der Waals surface area contributed by atoms with E-state index in [4.69, 9.17) is 0 Å². The van der Waals surface area contributed by atoms with Crippen molar-refractivity contribution < 1.29 is 0 Å². The molecule has 1 heterocycles. The van der Waals surface area contributed by atoms with Gasteiger partial charge in [-0.25, -0.2) is 0 Å². The van der Waals surface area contributed by atoms with Gasteiger partial charge in [0.2, 0.25) is 0 Å². The van der Waals surface area contributed by atoms with Crippen LogP contribution >= 0.6 is 0 Å². The highest BCUT2D eigenvalue weighted by Gasteiger charge is 2.16. The number of para-hydroxylation sites is 1. The van der Waals surface area contributed by atoms with Crippen LogP contribution in [-0.4, -0.2) is 7.05 Å². The van der Waals surface area contributed by atoms with E-state index in [9.17, 15) is 0 Å². The maximum absolute atomic E-state index is 3.90. The molecule has 82 valence electrons. The zero-order valence-corrected chi connectivity index (χ0v) is 9.74. The van der Waals surface area contributed by atoms with E-state index in [0.717, 1.165) is 12.8 Å². The normalized spacial score (nSPS) is 15.4. The lowest BCUT2D eigenvalue weighted by Gasteiger charge is -2.22. The standard InChI is InChI=1S/C15H17N/c1-4-12-10-11-13-8-6-7-9-15(13)16(3)14(12)5-2/h4-9H,1-2,10-11H2,3H3. The van der Waals surface area contributed by atoms with Gasteiger partial charge in [0.1, 0.15) is 0 Å². The van der Waals surface area contributed by atoms with Crippen molar-refractivity contribution >= 4 is 5.69 Å². The largest absolute Gasteiger partial charge is 0.344 e. The molecule has 0 spiro atoms. The number of benzene rings is 1. The van der Waals surface area contributed by atoms with Crippen molar-refractivity contribution in [3.8, 4) is 0 Å². The van der Waals surface area contributed by atoms with Gasteiger partial charge in [-0.05, 0) is 36.1 Å². The Bertz CT molecular complexity index is 454. The average Bonchev–Trinajstić information content (AvgIpc) is 2.46. The number of aryl methyl sites for hydroxylation is 1. The molecule has 0 amide bonds. The molecule has 0 saturated carbocycles. The molecule has 1 aliphatic heterocycles. The minimum atomic E-state index is 1.03. The predicted octanol–water partition coefficient (Wildman–Crippen LogP) is 3.70. The summed E-state index contributed by atoms with van der Waals surface area (Å²) in [5.74, 6) is 0. The topological polar surface area (TPSA) is 3.24 Å². The minimum absolute atomic E-state index is 1.03. The lowest BCUT2D eigenvalue weighted by molar-refractivity contribution is 0.974. The zero-order valence-electron chi connectivity index (χ0n) is 9.74. The molecule has 0 fully saturated rings. The van der Waals surface area contributed by atoms with Crippen molar-refractivity contribution in [3.05, 3.63) is 66.4 Å². The molecule has 1 heteroatoms. The summed E-state index contributed by atoms with van der Waals surface area (Å²) in [7, 11) is 2.09. The monoisotopic (exact) mass is 211 g/mol. The van der Waals surface area contributed by atoms with Gasteiger partial charge in [-0.1, -0.05) is 37.4 Å². The fourth-order valence-corrected chi connectivity index (χ4v) is 2.27. The summed E-state index contributed by atoms with van der Waals surface area (Å²) >= 11 is 0. The van der Waals surface area contributed by atoms with Crippen LogP contribution in [-0.2, 0) is 6.42 Å². The molecule has 0 aromatic heterocycles. The first-order valence-electron chi connectivity index (χ1n) is 5.57. The Morgan fingerprint density at radius 2 is 1.88 bits per heavy atom. The highest BCUT2D eigenvalue weighted by molar-refractivity contribution is 5.62. The van der Waals surface area contributed by atoms with Crippen LogP contribution in [0.1, 0.15) is 12.0 Å². The molecule has 0 aliphatic carbocycles. The van der Waals surface area contributed by atoms with Crippen LogP contribution in [0.2, 0.25) is 0 Å². The van der Waals surface area contributed by atoms with Crippen molar-refractivity contribution in [1.29, 1.82) is 0 Å². The predicted molar refractivity (Wildman–Crippen MR) is 70.6 cm³/mol. The van der Waals surface area contributed by atoms with Crippen molar-refractivity contribution in [2.45, 2.75) is 12.8 Å². The lowest BCUT2D eigenvalue weighted by atomic mass is 10.0. The van der Waals surface area contributed by atoms with Gasteiger partial charge in [0.25, 0.3) is 0 Å². The van der Waals surface area contributed by atoms with Crippen LogP contribution in [0.15, 0.2) is 60.8 Å². The number of rotatable bonds is 2. The number of nitrogens with zero attached hydrogens (tertiary/aromatic N) is 1. The summed E-state index contributed by atoms with van der Waals surface area (Å²) in [4.78, 5) is 2.20. The molecular formula is C15H17N. The van der Waals surface area contributed by atoms with Gasteiger partial charge >= 0.3 is 0 Å². The second-order valence-corrected chi connectivity index (χ2v) is 4.01. The van der Waals surface area contributed by atoms with Gasteiger partial charge in [-0.2, -0.15) is 0 Å². The van der Waals surface area contributed by atoms with Crippen LogP contribution < -0.4 is 4.90 Å². The average molecular weight is 211 g/mol. The quantitative estimate of drug-likeness (QED) is 0.721. The smallest absolute Gasteiger partial charge is 0.0440 e. The van der Waals surface area contributed by atoms with Gasteiger partial charge in [0, 0.05) is 18.4 Å². The Morgan fingerprint density at radius 3 is 2.56 bits per heavy atom. The number of fused-ring (bicyclic) bond motifs is 1. The molecule has 1 nitrogen and oxygen atoms in total. The second-order valence-electron chi connectivity index (χ2n) is 4.01. The lowest BCUT2D eigenvalue weighted by Crippen LogP contribution is -2.16. The second kappa shape index (κ2) is 4.40. The number of allylic oxidation sites excluding steroid dienone is 3. The fourth-order valence-electron chi connectivity index (χ4n) is 2.27. The molecule has 0 atom stereocenters. The number of hydrogen-bond acceptors (Lipinski definition) is 1. The first-order valence-corrected chi connectivity index (χ1v) is 5.57. The van der Waals surface area contributed by atoms with Gasteiger partial charge in [0.05, 0.1) is 0 Å². The molecule has 0 N–H and O–H groups in total. The van der Waals surface area contributed by atoms with Crippen LogP contribution in [0.25, 0.3) is 0 Å². The third kappa shape index (κ3) is 1.69. The van der Waals surface area contributed by atoms with Crippen LogP contribution in [0, 0.1) is 0 Å². The summed E-state index contributed by atoms with van der Waals surface area (Å²) in [5, 5.41) is 0. The van der Waals surface area contributed by atoms with E-state index in [-0.39, 0.29) is 0 Å². The zero-order chi connectivity index (χ0) is 11.5. The summed E-state index contributed by atoms with van der Waals surface area (Å²) in [6, 6.07) is 8.53. The van der Waals surface area contributed by atoms with Crippen molar-refractivity contribution in [2.24, 2.45) is 0 Å². The Labute approximate surface area is 97.4 Å². The Hall–Kier alpha value is -1.76. The Morgan fingerprint density at radius 1 is 1.12 bits per heavy atom. The first kappa shape index (κ1) is 10.7. The highest BCUT2D eigenvalue weighted by atomic mass is 15.1. The fraction of sp³-hybridized carbons (Fsp3) is 0.200. The number of anilines is 1. The number of likely N-dealkylation sites (N-methyl/N-ethyl adjacent to an activating group) is 1. The van der Waals surface area contributed by atoms with E-state index in [1.807, 2.05) is 12.2 Å². The van der Waals surface area contributed by atoms with Gasteiger partial charge in [0.15, 0.2) is 0 Å². The molecule has 0 bridgehead atoms. The number of hydrogen-bond donors (Lipinski definition) is 0. The maximum Gasteiger partial charge on any atom is 0.0440 e. The van der Waals surface area contributed by atoms with Crippen LogP contribution in [0.5, 0.6) is 0 Å². The Balaban J connectivity index is 2.55. The third-order valence-corrected chi connectivity index (χ3v) is 3.15. The maximum atomic E-state index is 3.90. The van der Waals surface area contributed by atoms with E-state index >= 15 is 0 Å². The van der Waals surface area contributed by atoms with E-state index < -0.39 is 0 Å². The summed E-state index contributed by atoms with van der Waals surface area (Å²) in [6.07, 6.45) is 5.96. The molecule has 0 unspecified atom stereocenters.